The van der Waals surface area contributed by atoms with Crippen molar-refractivity contribution in [2.45, 2.75) is 32.1 Å². The molecule has 1 aromatic carbocycles. The molecule has 2 unspecified atom stereocenters. The van der Waals surface area contributed by atoms with Gasteiger partial charge in [0.15, 0.2) is 6.23 Å². The van der Waals surface area contributed by atoms with Crippen LogP contribution in [-0.2, 0) is 25.4 Å². The molecular formula is C16H19Cl2NO5. The molecule has 0 N–H and O–H groups in total. The molecule has 0 bridgehead atoms. The van der Waals surface area contributed by atoms with E-state index in [-0.39, 0.29) is 25.0 Å². The van der Waals surface area contributed by atoms with Gasteiger partial charge in [0.2, 0.25) is 5.91 Å². The number of methoxy groups -OCH3 is 1. The van der Waals surface area contributed by atoms with Crippen molar-refractivity contribution in [2.24, 2.45) is 0 Å². The minimum Gasteiger partial charge on any atom is -0.435 e. The number of carbonyl (C=O) groups excluding carboxylic acids is 2. The summed E-state index contributed by atoms with van der Waals surface area (Å²) in [6.45, 7) is 2.19. The van der Waals surface area contributed by atoms with Crippen molar-refractivity contribution in [1.82, 2.24) is 4.90 Å². The molecule has 2 atom stereocenters. The number of hydrogen-bond donors (Lipinski definition) is 0. The number of rotatable bonds is 5. The van der Waals surface area contributed by atoms with E-state index in [1.54, 1.807) is 32.2 Å². The SMILES string of the molecule is CCOC(=O)OC1CC(OC)CN1C(=O)Cc1c(Cl)cccc1Cl. The predicted octanol–water partition coefficient (Wildman–Crippen LogP) is 3.28. The van der Waals surface area contributed by atoms with Crippen molar-refractivity contribution in [3.05, 3.63) is 33.8 Å². The number of likely N-dealkylation sites (tertiary alicyclic amines) is 1. The zero-order chi connectivity index (χ0) is 17.7. The first kappa shape index (κ1) is 18.8. The third kappa shape index (κ3) is 4.53. The molecule has 0 aromatic heterocycles. The maximum Gasteiger partial charge on any atom is 0.510 e. The summed E-state index contributed by atoms with van der Waals surface area (Å²) < 4.78 is 15.3. The lowest BCUT2D eigenvalue weighted by atomic mass is 10.1. The Hall–Kier alpha value is -1.50. The van der Waals surface area contributed by atoms with Crippen LogP contribution in [0.1, 0.15) is 18.9 Å². The zero-order valence-electron chi connectivity index (χ0n) is 13.5. The average Bonchev–Trinajstić information content (AvgIpc) is 2.94. The van der Waals surface area contributed by atoms with Gasteiger partial charge < -0.3 is 19.1 Å². The van der Waals surface area contributed by atoms with Gasteiger partial charge in [-0.25, -0.2) is 4.79 Å². The van der Waals surface area contributed by atoms with Crippen LogP contribution in [-0.4, -0.2) is 49.6 Å². The second-order valence-corrected chi connectivity index (χ2v) is 6.09. The third-order valence-electron chi connectivity index (χ3n) is 3.75. The fourth-order valence-corrected chi connectivity index (χ4v) is 3.06. The Kier molecular flexibility index (Phi) is 6.71. The Morgan fingerprint density at radius 2 is 1.96 bits per heavy atom. The van der Waals surface area contributed by atoms with Gasteiger partial charge >= 0.3 is 6.16 Å². The van der Waals surface area contributed by atoms with Gasteiger partial charge in [-0.1, -0.05) is 29.3 Å². The highest BCUT2D eigenvalue weighted by Crippen LogP contribution is 2.28. The Morgan fingerprint density at radius 1 is 1.29 bits per heavy atom. The molecule has 24 heavy (non-hydrogen) atoms. The van der Waals surface area contributed by atoms with E-state index in [9.17, 15) is 9.59 Å². The Morgan fingerprint density at radius 3 is 2.54 bits per heavy atom. The lowest BCUT2D eigenvalue weighted by molar-refractivity contribution is -0.138. The number of hydrogen-bond acceptors (Lipinski definition) is 5. The summed E-state index contributed by atoms with van der Waals surface area (Å²) in [4.78, 5) is 25.7. The molecular weight excluding hydrogens is 357 g/mol. The summed E-state index contributed by atoms with van der Waals surface area (Å²) in [7, 11) is 1.55. The summed E-state index contributed by atoms with van der Waals surface area (Å²) in [6, 6.07) is 5.05. The van der Waals surface area contributed by atoms with E-state index < -0.39 is 12.4 Å². The Bertz CT molecular complexity index is 590. The van der Waals surface area contributed by atoms with Gasteiger partial charge in [0.1, 0.15) is 0 Å². The molecule has 1 fully saturated rings. The summed E-state index contributed by atoms with van der Waals surface area (Å²) in [5, 5.41) is 0.836. The molecule has 1 heterocycles. The van der Waals surface area contributed by atoms with E-state index in [0.717, 1.165) is 0 Å². The van der Waals surface area contributed by atoms with E-state index in [1.165, 1.54) is 4.90 Å². The fraction of sp³-hybridized carbons (Fsp3) is 0.500. The van der Waals surface area contributed by atoms with E-state index in [4.69, 9.17) is 37.4 Å². The van der Waals surface area contributed by atoms with Crippen LogP contribution in [0.4, 0.5) is 4.79 Å². The quantitative estimate of drug-likeness (QED) is 0.738. The van der Waals surface area contributed by atoms with Crippen molar-refractivity contribution < 1.29 is 23.8 Å². The van der Waals surface area contributed by atoms with E-state index in [2.05, 4.69) is 0 Å². The first-order valence-corrected chi connectivity index (χ1v) is 8.30. The van der Waals surface area contributed by atoms with Crippen LogP contribution < -0.4 is 0 Å². The molecule has 1 saturated heterocycles. The maximum absolute atomic E-state index is 12.7. The van der Waals surface area contributed by atoms with Gasteiger partial charge in [0, 0.05) is 23.6 Å². The lowest BCUT2D eigenvalue weighted by Crippen LogP contribution is -2.39. The maximum atomic E-state index is 12.7. The second-order valence-electron chi connectivity index (χ2n) is 5.27. The van der Waals surface area contributed by atoms with Gasteiger partial charge in [0.25, 0.3) is 0 Å². The molecule has 0 radical (unpaired) electrons. The lowest BCUT2D eigenvalue weighted by Gasteiger charge is -2.24. The first-order valence-electron chi connectivity index (χ1n) is 7.54. The topological polar surface area (TPSA) is 65.1 Å². The van der Waals surface area contributed by atoms with Crippen LogP contribution in [0.2, 0.25) is 10.0 Å². The van der Waals surface area contributed by atoms with E-state index in [1.807, 2.05) is 0 Å². The highest BCUT2D eigenvalue weighted by atomic mass is 35.5. The molecule has 132 valence electrons. The fourth-order valence-electron chi connectivity index (χ4n) is 2.53. The molecule has 8 heteroatoms. The molecule has 0 spiro atoms. The second kappa shape index (κ2) is 8.55. The minimum atomic E-state index is -0.812. The van der Waals surface area contributed by atoms with Gasteiger partial charge in [-0.15, -0.1) is 0 Å². The van der Waals surface area contributed by atoms with E-state index >= 15 is 0 Å². The Balaban J connectivity index is 2.11. The van der Waals surface area contributed by atoms with Crippen LogP contribution in [0, 0.1) is 0 Å². The van der Waals surface area contributed by atoms with Crippen molar-refractivity contribution in [3.63, 3.8) is 0 Å². The van der Waals surface area contributed by atoms with Crippen molar-refractivity contribution in [3.8, 4) is 0 Å². The number of carbonyl (C=O) groups is 2. The van der Waals surface area contributed by atoms with Gasteiger partial charge in [-0.05, 0) is 24.6 Å². The number of benzene rings is 1. The third-order valence-corrected chi connectivity index (χ3v) is 4.46. The molecule has 1 amide bonds. The summed E-state index contributed by atoms with van der Waals surface area (Å²) in [5.74, 6) is -0.251. The van der Waals surface area contributed by atoms with Crippen LogP contribution >= 0.6 is 23.2 Å². The molecule has 0 saturated carbocycles. The van der Waals surface area contributed by atoms with E-state index in [0.29, 0.717) is 28.6 Å². The van der Waals surface area contributed by atoms with Crippen LogP contribution in [0.3, 0.4) is 0 Å². The summed E-state index contributed by atoms with van der Waals surface area (Å²) >= 11 is 12.2. The van der Waals surface area contributed by atoms with Crippen LogP contribution in [0.25, 0.3) is 0 Å². The molecule has 1 aliphatic rings. The summed E-state index contributed by atoms with van der Waals surface area (Å²) in [6.07, 6.45) is -1.36. The first-order chi connectivity index (χ1) is 11.5. The smallest absolute Gasteiger partial charge is 0.435 e. The van der Waals surface area contributed by atoms with Gasteiger partial charge in [-0.2, -0.15) is 0 Å². The number of amides is 1. The van der Waals surface area contributed by atoms with Crippen LogP contribution in [0.5, 0.6) is 0 Å². The summed E-state index contributed by atoms with van der Waals surface area (Å²) in [5.41, 5.74) is 0.543. The molecule has 1 aromatic rings. The van der Waals surface area contributed by atoms with Gasteiger partial charge in [-0.3, -0.25) is 4.79 Å². The molecule has 2 rings (SSSR count). The van der Waals surface area contributed by atoms with Gasteiger partial charge in [0.05, 0.1) is 25.7 Å². The van der Waals surface area contributed by atoms with Crippen molar-refractivity contribution >= 4 is 35.3 Å². The molecule has 6 nitrogen and oxygen atoms in total. The van der Waals surface area contributed by atoms with Crippen molar-refractivity contribution in [1.29, 1.82) is 0 Å². The highest BCUT2D eigenvalue weighted by Gasteiger charge is 2.38. The minimum absolute atomic E-state index is 0.0115. The Labute approximate surface area is 150 Å². The molecule has 0 aliphatic carbocycles. The average molecular weight is 376 g/mol. The molecule has 1 aliphatic heterocycles. The highest BCUT2D eigenvalue weighted by molar-refractivity contribution is 6.36. The number of halogens is 2. The zero-order valence-corrected chi connectivity index (χ0v) is 15.0. The largest absolute Gasteiger partial charge is 0.510 e. The number of ether oxygens (including phenoxy) is 3. The predicted molar refractivity (Wildman–Crippen MR) is 89.2 cm³/mol. The number of nitrogens with zero attached hydrogens (tertiary/aromatic N) is 1. The normalized spacial score (nSPS) is 20.1. The van der Waals surface area contributed by atoms with Crippen molar-refractivity contribution in [2.75, 3.05) is 20.3 Å². The van der Waals surface area contributed by atoms with Crippen LogP contribution in [0.15, 0.2) is 18.2 Å². The standard InChI is InChI=1S/C16H19Cl2NO5/c1-3-23-16(21)24-15-7-10(22-2)9-19(15)14(20)8-11-12(17)5-4-6-13(11)18/h4-6,10,15H,3,7-9H2,1-2H3. The monoisotopic (exact) mass is 375 g/mol.